The van der Waals surface area contributed by atoms with Gasteiger partial charge < -0.3 is 14.8 Å². The summed E-state index contributed by atoms with van der Waals surface area (Å²) in [5.41, 5.74) is 1.81. The summed E-state index contributed by atoms with van der Waals surface area (Å²) in [4.78, 5) is 28.3. The van der Waals surface area contributed by atoms with Gasteiger partial charge in [0.15, 0.2) is 6.29 Å². The number of fused-ring (bicyclic) bond motifs is 2. The fourth-order valence-corrected chi connectivity index (χ4v) is 5.63. The van der Waals surface area contributed by atoms with Crippen molar-refractivity contribution < 1.29 is 23.5 Å². The van der Waals surface area contributed by atoms with Crippen LogP contribution in [0.15, 0.2) is 66.3 Å². The number of amides is 2. The van der Waals surface area contributed by atoms with Crippen LogP contribution in [0.25, 0.3) is 15.8 Å². The summed E-state index contributed by atoms with van der Waals surface area (Å²) < 4.78 is 27.7. The average Bonchev–Trinajstić information content (AvgIpc) is 3.53. The molecule has 2 amide bonds. The number of carbonyl (C=O) groups is 2. The number of ether oxygens (including phenoxy) is 2. The lowest BCUT2D eigenvalue weighted by Crippen LogP contribution is -2.50. The highest BCUT2D eigenvalue weighted by molar-refractivity contribution is 7.19. The number of thiophene rings is 1. The molecule has 1 fully saturated rings. The molecule has 1 saturated heterocycles. The topological polar surface area (TPSA) is 110 Å². The van der Waals surface area contributed by atoms with E-state index >= 15 is 0 Å². The molecule has 9 nitrogen and oxygen atoms in total. The smallest absolute Gasteiger partial charge is 0.261 e. The van der Waals surface area contributed by atoms with E-state index in [0.717, 1.165) is 15.1 Å². The molecule has 2 aromatic heterocycles. The molecule has 11 heteroatoms. The van der Waals surface area contributed by atoms with Gasteiger partial charge in [0.25, 0.3) is 11.8 Å². The summed E-state index contributed by atoms with van der Waals surface area (Å²) in [6, 6.07) is 8.22. The minimum Gasteiger partial charge on any atom is -0.393 e. The maximum Gasteiger partial charge on any atom is 0.261 e. The average molecular weight is 520 g/mol. The second kappa shape index (κ2) is 9.18. The van der Waals surface area contributed by atoms with Crippen molar-refractivity contribution >= 4 is 44.7 Å². The Morgan fingerprint density at radius 2 is 1.89 bits per heavy atom. The third-order valence-corrected chi connectivity index (χ3v) is 7.51. The quantitative estimate of drug-likeness (QED) is 0.500. The maximum absolute atomic E-state index is 14.3. The standard InChI is InChI=1S/C26H22FN5O4S/c1-29-9-15-6-14(7-20(27)23(15)28)21-8-16-10-31(30-24(16)37-21)11-22-35-12-17(13-36-22)32-25(33)18-4-2-3-5-19(18)26(32)34/h2-10,17,22,28-29H,11-13H2,1H3/b15-9-,28-23?. The first-order valence-corrected chi connectivity index (χ1v) is 12.5. The van der Waals surface area contributed by atoms with Gasteiger partial charge in [-0.25, -0.2) is 4.39 Å². The number of hydrogen-bond donors (Lipinski definition) is 2. The van der Waals surface area contributed by atoms with Crippen molar-refractivity contribution in [1.29, 1.82) is 5.41 Å². The van der Waals surface area contributed by atoms with Crippen molar-refractivity contribution in [2.45, 2.75) is 18.9 Å². The number of carbonyl (C=O) groups excluding carboxylic acids is 2. The Hall–Kier alpha value is -3.93. The minimum absolute atomic E-state index is 0.151. The third-order valence-electron chi connectivity index (χ3n) is 6.43. The van der Waals surface area contributed by atoms with Gasteiger partial charge in [-0.05, 0) is 35.9 Å². The van der Waals surface area contributed by atoms with Crippen molar-refractivity contribution in [3.05, 3.63) is 82.3 Å². The molecule has 0 radical (unpaired) electrons. The molecule has 3 aromatic rings. The summed E-state index contributed by atoms with van der Waals surface area (Å²) in [6.45, 7) is 0.702. The Labute approximate surface area is 215 Å². The molecule has 188 valence electrons. The Morgan fingerprint density at radius 1 is 1.19 bits per heavy atom. The molecule has 1 aromatic carbocycles. The normalized spacial score (nSPS) is 23.0. The first-order valence-electron chi connectivity index (χ1n) is 11.7. The summed E-state index contributed by atoms with van der Waals surface area (Å²) in [5, 5.41) is 16.2. The summed E-state index contributed by atoms with van der Waals surface area (Å²) in [5.74, 6) is -1.23. The SMILES string of the molecule is CN/C=C1/C=C(c2cc3cn(CC4OCC(N5C(=O)c6ccccc6C5=O)CO4)nc3s2)C=C(F)C1=N. The van der Waals surface area contributed by atoms with Gasteiger partial charge >= 0.3 is 0 Å². The number of benzene rings is 1. The van der Waals surface area contributed by atoms with Crippen LogP contribution in [-0.4, -0.2) is 64.8 Å². The van der Waals surface area contributed by atoms with Crippen LogP contribution in [0.4, 0.5) is 4.39 Å². The monoisotopic (exact) mass is 519 g/mol. The van der Waals surface area contributed by atoms with Crippen molar-refractivity contribution in [3.63, 3.8) is 0 Å². The van der Waals surface area contributed by atoms with Crippen LogP contribution in [0.5, 0.6) is 0 Å². The molecular formula is C26H22FN5O4S. The number of hydrogen-bond acceptors (Lipinski definition) is 8. The van der Waals surface area contributed by atoms with Gasteiger partial charge in [0.1, 0.15) is 10.7 Å². The molecule has 0 bridgehead atoms. The first-order chi connectivity index (χ1) is 17.9. The first kappa shape index (κ1) is 23.5. The molecule has 0 unspecified atom stereocenters. The molecule has 37 heavy (non-hydrogen) atoms. The van der Waals surface area contributed by atoms with E-state index < -0.39 is 18.2 Å². The van der Waals surface area contributed by atoms with E-state index in [1.165, 1.54) is 22.3 Å². The number of imide groups is 1. The Balaban J connectivity index is 1.11. The number of rotatable bonds is 5. The summed E-state index contributed by atoms with van der Waals surface area (Å²) in [6.07, 6.45) is 6.03. The molecule has 6 rings (SSSR count). The van der Waals surface area contributed by atoms with Gasteiger partial charge in [0.05, 0.1) is 42.6 Å². The van der Waals surface area contributed by atoms with Crippen molar-refractivity contribution in [2.75, 3.05) is 20.3 Å². The zero-order valence-corrected chi connectivity index (χ0v) is 20.5. The molecule has 0 spiro atoms. The highest BCUT2D eigenvalue weighted by Gasteiger charge is 2.41. The van der Waals surface area contributed by atoms with Crippen molar-refractivity contribution in [3.8, 4) is 0 Å². The zero-order valence-electron chi connectivity index (χ0n) is 19.7. The van der Waals surface area contributed by atoms with Gasteiger partial charge in [-0.15, -0.1) is 11.3 Å². The molecule has 4 heterocycles. The predicted octanol–water partition coefficient (Wildman–Crippen LogP) is 3.51. The fourth-order valence-electron chi connectivity index (χ4n) is 4.63. The van der Waals surface area contributed by atoms with Crippen LogP contribution in [0.3, 0.4) is 0 Å². The van der Waals surface area contributed by atoms with Gasteiger partial charge in [-0.1, -0.05) is 12.1 Å². The second-order valence-electron chi connectivity index (χ2n) is 8.85. The molecule has 3 aliphatic rings. The number of halogens is 1. The van der Waals surface area contributed by atoms with E-state index in [4.69, 9.17) is 14.9 Å². The lowest BCUT2D eigenvalue weighted by Gasteiger charge is -2.33. The lowest BCUT2D eigenvalue weighted by molar-refractivity contribution is -0.203. The molecular weight excluding hydrogens is 497 g/mol. The van der Waals surface area contributed by atoms with E-state index in [0.29, 0.717) is 28.8 Å². The Bertz CT molecular complexity index is 1480. The minimum atomic E-state index is -0.582. The predicted molar refractivity (Wildman–Crippen MR) is 136 cm³/mol. The van der Waals surface area contributed by atoms with Gasteiger partial charge in [0, 0.05) is 35.3 Å². The van der Waals surface area contributed by atoms with Gasteiger partial charge in [-0.2, -0.15) is 5.10 Å². The van der Waals surface area contributed by atoms with Crippen LogP contribution in [0, 0.1) is 5.41 Å². The fraction of sp³-hybridized carbons (Fsp3) is 0.231. The van der Waals surface area contributed by atoms with E-state index in [2.05, 4.69) is 10.4 Å². The molecule has 0 saturated carbocycles. The van der Waals surface area contributed by atoms with Crippen LogP contribution in [0.1, 0.15) is 25.6 Å². The van der Waals surface area contributed by atoms with E-state index in [-0.39, 0.29) is 30.7 Å². The largest absolute Gasteiger partial charge is 0.393 e. The lowest BCUT2D eigenvalue weighted by atomic mass is 9.99. The molecule has 2 N–H and O–H groups in total. The Morgan fingerprint density at radius 3 is 2.54 bits per heavy atom. The summed E-state index contributed by atoms with van der Waals surface area (Å²) >= 11 is 1.43. The molecule has 1 aliphatic carbocycles. The highest BCUT2D eigenvalue weighted by atomic mass is 32.1. The molecule has 0 atom stereocenters. The number of aromatic nitrogens is 2. The van der Waals surface area contributed by atoms with Crippen LogP contribution >= 0.6 is 11.3 Å². The third kappa shape index (κ3) is 4.10. The highest BCUT2D eigenvalue weighted by Crippen LogP contribution is 2.34. The maximum atomic E-state index is 14.3. The number of nitrogens with one attached hydrogen (secondary N) is 2. The van der Waals surface area contributed by atoms with E-state index in [9.17, 15) is 14.0 Å². The molecule has 2 aliphatic heterocycles. The van der Waals surface area contributed by atoms with Crippen molar-refractivity contribution in [2.24, 2.45) is 0 Å². The summed E-state index contributed by atoms with van der Waals surface area (Å²) in [7, 11) is 1.70. The number of nitrogens with zero attached hydrogens (tertiary/aromatic N) is 3. The van der Waals surface area contributed by atoms with E-state index in [1.807, 2.05) is 12.3 Å². The van der Waals surface area contributed by atoms with Crippen LogP contribution in [0.2, 0.25) is 0 Å². The van der Waals surface area contributed by atoms with E-state index in [1.54, 1.807) is 48.3 Å². The van der Waals surface area contributed by atoms with Gasteiger partial charge in [0.2, 0.25) is 0 Å². The van der Waals surface area contributed by atoms with Gasteiger partial charge in [-0.3, -0.25) is 24.6 Å². The second-order valence-corrected chi connectivity index (χ2v) is 9.88. The number of allylic oxidation sites excluding steroid dienone is 5. The zero-order chi connectivity index (χ0) is 25.7. The van der Waals surface area contributed by atoms with Crippen LogP contribution in [-0.2, 0) is 16.0 Å². The van der Waals surface area contributed by atoms with Crippen molar-refractivity contribution in [1.82, 2.24) is 20.0 Å². The van der Waals surface area contributed by atoms with Crippen LogP contribution < -0.4 is 5.32 Å². The Kier molecular flexibility index (Phi) is 5.82.